The Balaban J connectivity index is 1.13. The highest BCUT2D eigenvalue weighted by Gasteiger charge is 2.61. The van der Waals surface area contributed by atoms with Crippen molar-refractivity contribution in [2.24, 2.45) is 63.7 Å². The predicted octanol–water partition coefficient (Wildman–Crippen LogP) is 10.2. The summed E-state index contributed by atoms with van der Waals surface area (Å²) in [6.45, 7) is 3.12. The molecular weight excluding hydrogens is 929 g/mol. The number of carbonyl (C=O) groups excluding carboxylic acids is 1. The van der Waals surface area contributed by atoms with Crippen LogP contribution in [0, 0.1) is 82.7 Å². The second-order valence-electron chi connectivity index (χ2n) is 23.9. The largest absolute Gasteiger partial charge is 0.504 e. The normalized spacial score (nSPS) is 35.4. The fraction of sp³-hybridized carbons (Fsp3) is 0.677. The van der Waals surface area contributed by atoms with Crippen molar-refractivity contribution < 1.29 is 39.1 Å². The van der Waals surface area contributed by atoms with Crippen LogP contribution in [0.1, 0.15) is 153 Å². The van der Waals surface area contributed by atoms with Gasteiger partial charge in [-0.25, -0.2) is 0 Å². The molecule has 2 aliphatic heterocycles. The number of guanidine groups is 1. The van der Waals surface area contributed by atoms with Gasteiger partial charge in [0.15, 0.2) is 29.3 Å². The number of likely N-dealkylation sites (N-methyl/N-ethyl adjacent to an activating group) is 1. The number of hydrogen-bond acceptors (Lipinski definition) is 10. The van der Waals surface area contributed by atoms with Crippen molar-refractivity contribution in [1.82, 2.24) is 10.6 Å². The number of aliphatic imine (C=N–C) groups is 1. The molecule has 0 amide bonds. The molecule has 2 aromatic carbocycles. The molecule has 400 valence electrons. The van der Waals surface area contributed by atoms with E-state index in [0.29, 0.717) is 90.7 Å². The van der Waals surface area contributed by atoms with Gasteiger partial charge in [0.25, 0.3) is 0 Å². The number of rotatable bonds is 13. The Labute approximate surface area is 441 Å². The number of fused-ring (bicyclic) bond motifs is 9. The topological polar surface area (TPSA) is 163 Å². The number of nitrogens with one attached hydrogen (secondary N) is 3. The van der Waals surface area contributed by atoms with Crippen molar-refractivity contribution in [3.8, 4) is 47.0 Å². The third-order valence-corrected chi connectivity index (χ3v) is 20.1. The van der Waals surface area contributed by atoms with Crippen LogP contribution in [-0.4, -0.2) is 79.4 Å². The van der Waals surface area contributed by atoms with E-state index in [0.717, 1.165) is 108 Å². The molecule has 4 bridgehead atoms. The van der Waals surface area contributed by atoms with Crippen LogP contribution < -0.4 is 30.2 Å². The lowest BCUT2D eigenvalue weighted by atomic mass is 9.45. The molecule has 0 saturated heterocycles. The smallest absolute Gasteiger partial charge is 0.207 e. The summed E-state index contributed by atoms with van der Waals surface area (Å²) in [5.41, 5.74) is 1.14. The molecule has 1 spiro atoms. The van der Waals surface area contributed by atoms with Crippen molar-refractivity contribution in [1.29, 1.82) is 0 Å². The number of phenols is 1. The minimum Gasteiger partial charge on any atom is -0.504 e. The lowest BCUT2D eigenvalue weighted by molar-refractivity contribution is -0.145. The highest BCUT2D eigenvalue weighted by atomic mass is 16.6. The van der Waals surface area contributed by atoms with Crippen LogP contribution in [0.3, 0.4) is 0 Å². The average molecular weight is 1010 g/mol. The fourth-order valence-electron chi connectivity index (χ4n) is 16.8. The van der Waals surface area contributed by atoms with Gasteiger partial charge in [0, 0.05) is 56.3 Å². The second kappa shape index (κ2) is 22.9. The van der Waals surface area contributed by atoms with Crippen molar-refractivity contribution in [3.05, 3.63) is 53.6 Å². The Kier molecular flexibility index (Phi) is 16.3. The first-order valence-corrected chi connectivity index (χ1v) is 28.7. The molecule has 0 radical (unpaired) electrons. The van der Waals surface area contributed by atoms with Crippen LogP contribution in [-0.2, 0) is 21.4 Å². The minimum atomic E-state index is -0.843. The van der Waals surface area contributed by atoms with E-state index >= 15 is 4.79 Å². The van der Waals surface area contributed by atoms with Gasteiger partial charge in [-0.1, -0.05) is 69.4 Å². The number of aliphatic hydroxyl groups excluding tert-OH is 2. The van der Waals surface area contributed by atoms with Crippen molar-refractivity contribution in [3.63, 3.8) is 0 Å². The number of ether oxygens (including phenoxy) is 4. The molecule has 13 unspecified atom stereocenters. The zero-order valence-corrected chi connectivity index (χ0v) is 44.7. The van der Waals surface area contributed by atoms with Gasteiger partial charge in [0.1, 0.15) is 11.7 Å². The molecule has 2 aromatic rings. The first-order valence-electron chi connectivity index (χ1n) is 28.7. The van der Waals surface area contributed by atoms with Crippen LogP contribution in [0.4, 0.5) is 5.69 Å². The quantitative estimate of drug-likeness (QED) is 0.0837. The molecule has 0 aromatic heterocycles. The molecule has 2 heterocycles. The first-order chi connectivity index (χ1) is 36.0. The SMILES string of the molecule is CCC1CCC2C(C1)C1C=CC(=O)C3(Cc4ccc(O)c(OC)c4)CCCC3CC#CNC(=NC)Nc3cc(cc4c3OC#CCC3CC(CNC)(CC3CC(O)OC3CCCC3)O4)C13CCCC3C2CCCO. The third-order valence-electron chi connectivity index (χ3n) is 20.1. The number of methoxy groups -OCH3 is 1. The predicted molar refractivity (Wildman–Crippen MR) is 289 cm³/mol. The Morgan fingerprint density at radius 1 is 1.00 bits per heavy atom. The molecule has 10 rings (SSSR count). The molecule has 13 atom stereocenters. The molecule has 6 fully saturated rings. The summed E-state index contributed by atoms with van der Waals surface area (Å²) < 4.78 is 26.1. The van der Waals surface area contributed by atoms with Crippen LogP contribution in [0.2, 0.25) is 0 Å². The van der Waals surface area contributed by atoms with E-state index in [2.05, 4.69) is 65.1 Å². The Morgan fingerprint density at radius 2 is 1.85 bits per heavy atom. The minimum absolute atomic E-state index is 0.0123. The molecule has 12 heteroatoms. The number of anilines is 1. The monoisotopic (exact) mass is 1010 g/mol. The summed E-state index contributed by atoms with van der Waals surface area (Å²) in [6, 6.07) is 13.3. The van der Waals surface area contributed by atoms with Gasteiger partial charge in [0.2, 0.25) is 11.7 Å². The van der Waals surface area contributed by atoms with Crippen LogP contribution in [0.15, 0.2) is 47.5 Å². The maximum Gasteiger partial charge on any atom is 0.207 e. The third kappa shape index (κ3) is 10.3. The van der Waals surface area contributed by atoms with Crippen LogP contribution in [0.25, 0.3) is 0 Å². The fourth-order valence-corrected chi connectivity index (χ4v) is 16.8. The van der Waals surface area contributed by atoms with Crippen molar-refractivity contribution >= 4 is 17.4 Å². The molecule has 8 aliphatic rings. The number of aliphatic hydroxyl groups is 2. The van der Waals surface area contributed by atoms with E-state index in [1.54, 1.807) is 20.2 Å². The zero-order chi connectivity index (χ0) is 51.5. The summed E-state index contributed by atoms with van der Waals surface area (Å²) in [5.74, 6) is 11.6. The Bertz CT molecular complexity index is 2520. The first kappa shape index (κ1) is 52.7. The Hall–Kier alpha value is -4.72. The summed E-state index contributed by atoms with van der Waals surface area (Å²) in [7, 11) is 5.31. The van der Waals surface area contributed by atoms with E-state index in [9.17, 15) is 15.3 Å². The van der Waals surface area contributed by atoms with Gasteiger partial charge in [-0.15, -0.1) is 0 Å². The molecule has 12 nitrogen and oxygen atoms in total. The van der Waals surface area contributed by atoms with Gasteiger partial charge in [-0.2, -0.15) is 0 Å². The van der Waals surface area contributed by atoms with Crippen molar-refractivity contribution in [2.45, 2.75) is 172 Å². The highest BCUT2D eigenvalue weighted by Crippen LogP contribution is 2.67. The number of carbonyl (C=O) groups is 1. The maximum absolute atomic E-state index is 15.8. The Morgan fingerprint density at radius 3 is 2.65 bits per heavy atom. The van der Waals surface area contributed by atoms with E-state index in [-0.39, 0.29) is 53.3 Å². The highest BCUT2D eigenvalue weighted by molar-refractivity contribution is 5.97. The van der Waals surface area contributed by atoms with E-state index in [1.807, 2.05) is 25.3 Å². The van der Waals surface area contributed by atoms with Gasteiger partial charge in [-0.05, 0) is 185 Å². The number of aromatic hydroxyl groups is 1. The van der Waals surface area contributed by atoms with E-state index in [1.165, 1.54) is 18.4 Å². The van der Waals surface area contributed by atoms with Crippen LogP contribution >= 0.6 is 0 Å². The summed E-state index contributed by atoms with van der Waals surface area (Å²) >= 11 is 0. The van der Waals surface area contributed by atoms with Crippen LogP contribution in [0.5, 0.6) is 23.0 Å². The number of allylic oxidation sites excluding steroid dienone is 2. The second-order valence-corrected chi connectivity index (χ2v) is 23.9. The summed E-state index contributed by atoms with van der Waals surface area (Å²) in [4.78, 5) is 20.5. The molecule has 74 heavy (non-hydrogen) atoms. The average Bonchev–Trinajstić information content (AvgIpc) is 4.25. The van der Waals surface area contributed by atoms with Gasteiger partial charge in [-0.3, -0.25) is 15.1 Å². The zero-order valence-electron chi connectivity index (χ0n) is 44.7. The number of phenolic OH excluding ortho intramolecular Hbond substituents is 1. The number of nitrogens with zero attached hydrogens (tertiary/aromatic N) is 1. The number of ketones is 1. The van der Waals surface area contributed by atoms with Gasteiger partial charge >= 0.3 is 0 Å². The standard InChI is InChI=1S/C62H84N4O8/c1-5-40-20-22-47-48(18-11-29-67)50-19-9-27-62(50)45-34-52(58-55(35-45)74-60(39-63-2)37-42(13-12-30-72-58)43(38-60)33-57(70)73-46-16-6-7-17-46)66-59(64-3)65-28-10-15-44-14-8-26-61(44,56(69)25-23-51(62)49(47)31-40)36-41-21-24-53(68)54(32-41)71-4/h21,23-25,32,34-35,40,42-44,46-51,57,63,67-68,70H,5-9,11,13-20,22,26-27,29,31,33,36-39H2,1-4H3,(H2,64,65,66). The van der Waals surface area contributed by atoms with E-state index in [4.69, 9.17) is 23.9 Å². The summed E-state index contributed by atoms with van der Waals surface area (Å²) in [6.07, 6.45) is 26.8. The van der Waals surface area contributed by atoms with E-state index < -0.39 is 17.3 Å². The lowest BCUT2D eigenvalue weighted by Gasteiger charge is -2.59. The molecule has 6 N–H and O–H groups in total. The maximum atomic E-state index is 15.8. The summed E-state index contributed by atoms with van der Waals surface area (Å²) in [5, 5.41) is 43.0. The molecule has 6 saturated carbocycles. The van der Waals surface area contributed by atoms with Gasteiger partial charge in [0.05, 0.1) is 18.9 Å². The van der Waals surface area contributed by atoms with Gasteiger partial charge < -0.3 is 44.9 Å². The number of hydrogen-bond donors (Lipinski definition) is 6. The van der Waals surface area contributed by atoms with Crippen molar-refractivity contribution in [2.75, 3.05) is 39.7 Å². The molecule has 6 aliphatic carbocycles. The molecular formula is C62H84N4O8. The number of benzene rings is 2. The lowest BCUT2D eigenvalue weighted by Crippen LogP contribution is -2.55.